The second-order valence-corrected chi connectivity index (χ2v) is 4.39. The number of ether oxygens (including phenoxy) is 2. The van der Waals surface area contributed by atoms with Gasteiger partial charge in [-0.3, -0.25) is 0 Å². The van der Waals surface area contributed by atoms with Crippen LogP contribution in [0.25, 0.3) is 0 Å². The average Bonchev–Trinajstić information content (AvgIpc) is 2.43. The van der Waals surface area contributed by atoms with Gasteiger partial charge in [-0.05, 0) is 26.3 Å². The van der Waals surface area contributed by atoms with E-state index >= 15 is 0 Å². The van der Waals surface area contributed by atoms with E-state index < -0.39 is 6.29 Å². The molecule has 0 aromatic heterocycles. The number of aryl methyl sites for hydroxylation is 1. The molecule has 5 heteroatoms. The van der Waals surface area contributed by atoms with Crippen molar-refractivity contribution >= 4 is 6.03 Å². The fourth-order valence-corrected chi connectivity index (χ4v) is 1.78. The number of rotatable bonds is 8. The molecule has 1 aromatic rings. The third-order valence-corrected chi connectivity index (χ3v) is 2.67. The van der Waals surface area contributed by atoms with E-state index in [-0.39, 0.29) is 6.03 Å². The SMILES string of the molecule is CCOC(CNC(=O)NCc1cccc(C)c1)OCC. The highest BCUT2D eigenvalue weighted by atomic mass is 16.7. The smallest absolute Gasteiger partial charge is 0.315 e. The Morgan fingerprint density at radius 1 is 1.20 bits per heavy atom. The van der Waals surface area contributed by atoms with Crippen LogP contribution in [-0.2, 0) is 16.0 Å². The van der Waals surface area contributed by atoms with Crippen LogP contribution in [0, 0.1) is 6.92 Å². The lowest BCUT2D eigenvalue weighted by Gasteiger charge is -2.17. The lowest BCUT2D eigenvalue weighted by atomic mass is 10.1. The zero-order valence-electron chi connectivity index (χ0n) is 12.4. The van der Waals surface area contributed by atoms with Gasteiger partial charge in [0.2, 0.25) is 0 Å². The van der Waals surface area contributed by atoms with E-state index in [0.29, 0.717) is 26.3 Å². The molecule has 5 nitrogen and oxygen atoms in total. The second kappa shape index (κ2) is 9.34. The van der Waals surface area contributed by atoms with Gasteiger partial charge in [0.25, 0.3) is 0 Å². The van der Waals surface area contributed by atoms with Crippen LogP contribution >= 0.6 is 0 Å². The summed E-state index contributed by atoms with van der Waals surface area (Å²) in [6, 6.07) is 7.80. The molecule has 0 saturated carbocycles. The van der Waals surface area contributed by atoms with Crippen molar-refractivity contribution in [1.29, 1.82) is 0 Å². The minimum absolute atomic E-state index is 0.226. The van der Waals surface area contributed by atoms with E-state index in [2.05, 4.69) is 10.6 Å². The lowest BCUT2D eigenvalue weighted by molar-refractivity contribution is -0.131. The van der Waals surface area contributed by atoms with Gasteiger partial charge in [0.15, 0.2) is 6.29 Å². The highest BCUT2D eigenvalue weighted by Gasteiger charge is 2.09. The van der Waals surface area contributed by atoms with E-state index in [1.54, 1.807) is 0 Å². The molecule has 1 rings (SSSR count). The Morgan fingerprint density at radius 3 is 2.50 bits per heavy atom. The molecule has 0 fully saturated rings. The fraction of sp³-hybridized carbons (Fsp3) is 0.533. The van der Waals surface area contributed by atoms with Crippen LogP contribution in [0.3, 0.4) is 0 Å². The van der Waals surface area contributed by atoms with Crippen molar-refractivity contribution in [2.24, 2.45) is 0 Å². The molecule has 1 aromatic carbocycles. The average molecular weight is 280 g/mol. The summed E-state index contributed by atoms with van der Waals surface area (Å²) in [6.45, 7) is 7.75. The van der Waals surface area contributed by atoms with Gasteiger partial charge in [0, 0.05) is 19.8 Å². The summed E-state index contributed by atoms with van der Waals surface area (Å²) >= 11 is 0. The largest absolute Gasteiger partial charge is 0.351 e. The molecule has 112 valence electrons. The number of carbonyl (C=O) groups is 1. The van der Waals surface area contributed by atoms with Gasteiger partial charge in [-0.2, -0.15) is 0 Å². The van der Waals surface area contributed by atoms with Crippen molar-refractivity contribution < 1.29 is 14.3 Å². The molecule has 0 heterocycles. The molecule has 0 spiro atoms. The minimum atomic E-state index is -0.394. The van der Waals surface area contributed by atoms with Crippen molar-refractivity contribution in [2.45, 2.75) is 33.6 Å². The van der Waals surface area contributed by atoms with Crippen molar-refractivity contribution in [3.05, 3.63) is 35.4 Å². The van der Waals surface area contributed by atoms with Gasteiger partial charge in [-0.25, -0.2) is 4.79 Å². The zero-order chi connectivity index (χ0) is 14.8. The maximum Gasteiger partial charge on any atom is 0.315 e. The van der Waals surface area contributed by atoms with Crippen LogP contribution < -0.4 is 10.6 Å². The van der Waals surface area contributed by atoms with Crippen molar-refractivity contribution in [3.63, 3.8) is 0 Å². The summed E-state index contributed by atoms with van der Waals surface area (Å²) < 4.78 is 10.7. The normalized spacial score (nSPS) is 10.6. The van der Waals surface area contributed by atoms with E-state index in [1.807, 2.05) is 45.0 Å². The molecule has 0 aliphatic rings. The number of benzene rings is 1. The van der Waals surface area contributed by atoms with Crippen LogP contribution in [0.2, 0.25) is 0 Å². The van der Waals surface area contributed by atoms with Crippen LogP contribution in [-0.4, -0.2) is 32.1 Å². The molecule has 0 aliphatic heterocycles. The highest BCUT2D eigenvalue weighted by molar-refractivity contribution is 5.73. The van der Waals surface area contributed by atoms with Gasteiger partial charge in [0.05, 0.1) is 6.54 Å². The fourth-order valence-electron chi connectivity index (χ4n) is 1.78. The third kappa shape index (κ3) is 6.54. The van der Waals surface area contributed by atoms with Crippen molar-refractivity contribution in [2.75, 3.05) is 19.8 Å². The first-order chi connectivity index (χ1) is 9.65. The van der Waals surface area contributed by atoms with Crippen molar-refractivity contribution in [3.8, 4) is 0 Å². The van der Waals surface area contributed by atoms with Gasteiger partial charge >= 0.3 is 6.03 Å². The number of urea groups is 1. The summed E-state index contributed by atoms with van der Waals surface area (Å²) in [7, 11) is 0. The Bertz CT molecular complexity index is 404. The quantitative estimate of drug-likeness (QED) is 0.718. The lowest BCUT2D eigenvalue weighted by Crippen LogP contribution is -2.41. The van der Waals surface area contributed by atoms with Crippen molar-refractivity contribution in [1.82, 2.24) is 10.6 Å². The highest BCUT2D eigenvalue weighted by Crippen LogP contribution is 2.03. The van der Waals surface area contributed by atoms with E-state index in [9.17, 15) is 4.79 Å². The molecule has 0 aliphatic carbocycles. The minimum Gasteiger partial charge on any atom is -0.351 e. The Morgan fingerprint density at radius 2 is 1.90 bits per heavy atom. The number of hydrogen-bond donors (Lipinski definition) is 2. The molecule has 2 amide bonds. The van der Waals surface area contributed by atoms with Crippen LogP contribution in [0.1, 0.15) is 25.0 Å². The zero-order valence-corrected chi connectivity index (χ0v) is 12.4. The predicted molar refractivity (Wildman–Crippen MR) is 78.5 cm³/mol. The second-order valence-electron chi connectivity index (χ2n) is 4.39. The molecule has 0 bridgehead atoms. The topological polar surface area (TPSA) is 59.6 Å². The summed E-state index contributed by atoms with van der Waals surface area (Å²) in [5.74, 6) is 0. The Kier molecular flexibility index (Phi) is 7.69. The molecule has 0 unspecified atom stereocenters. The first-order valence-corrected chi connectivity index (χ1v) is 6.96. The van der Waals surface area contributed by atoms with Gasteiger partial charge in [-0.15, -0.1) is 0 Å². The maximum atomic E-state index is 11.7. The number of hydrogen-bond acceptors (Lipinski definition) is 3. The predicted octanol–water partition coefficient (Wildman–Crippen LogP) is 2.19. The van der Waals surface area contributed by atoms with Gasteiger partial charge in [-0.1, -0.05) is 29.8 Å². The van der Waals surface area contributed by atoms with Crippen LogP contribution in [0.4, 0.5) is 4.79 Å². The Balaban J connectivity index is 2.29. The summed E-state index contributed by atoms with van der Waals surface area (Å²) in [6.07, 6.45) is -0.394. The Hall–Kier alpha value is -1.59. The molecular formula is C15H24N2O3. The molecule has 2 N–H and O–H groups in total. The first kappa shape index (κ1) is 16.5. The first-order valence-electron chi connectivity index (χ1n) is 6.96. The van der Waals surface area contributed by atoms with Gasteiger partial charge in [0.1, 0.15) is 0 Å². The van der Waals surface area contributed by atoms with Crippen LogP contribution in [0.15, 0.2) is 24.3 Å². The summed E-state index contributed by atoms with van der Waals surface area (Å²) in [5.41, 5.74) is 2.25. The standard InChI is InChI=1S/C15H24N2O3/c1-4-19-14(20-5-2)11-17-15(18)16-10-13-8-6-7-12(3)9-13/h6-9,14H,4-5,10-11H2,1-3H3,(H2,16,17,18). The monoisotopic (exact) mass is 280 g/mol. The molecule has 0 radical (unpaired) electrons. The van der Waals surface area contributed by atoms with E-state index in [4.69, 9.17) is 9.47 Å². The number of carbonyl (C=O) groups excluding carboxylic acids is 1. The molecule has 0 saturated heterocycles. The number of nitrogens with one attached hydrogen (secondary N) is 2. The molecule has 0 atom stereocenters. The van der Waals surface area contributed by atoms with Crippen LogP contribution in [0.5, 0.6) is 0 Å². The van der Waals surface area contributed by atoms with Gasteiger partial charge < -0.3 is 20.1 Å². The molecule has 20 heavy (non-hydrogen) atoms. The molecular weight excluding hydrogens is 256 g/mol. The van der Waals surface area contributed by atoms with E-state index in [1.165, 1.54) is 5.56 Å². The Labute approximate surface area is 120 Å². The maximum absolute atomic E-state index is 11.7. The number of amides is 2. The van der Waals surface area contributed by atoms with E-state index in [0.717, 1.165) is 5.56 Å². The third-order valence-electron chi connectivity index (χ3n) is 2.67. The summed E-state index contributed by atoms with van der Waals surface area (Å²) in [5, 5.41) is 5.54. The summed E-state index contributed by atoms with van der Waals surface area (Å²) in [4.78, 5) is 11.7.